The van der Waals surface area contributed by atoms with Gasteiger partial charge in [-0.15, -0.1) is 71.7 Å². The molecule has 0 bridgehead atoms. The van der Waals surface area contributed by atoms with Crippen LogP contribution in [0.2, 0.25) is 0 Å². The van der Waals surface area contributed by atoms with Gasteiger partial charge < -0.3 is 0 Å². The van der Waals surface area contributed by atoms with Crippen molar-refractivity contribution in [3.63, 3.8) is 0 Å². The second kappa shape index (κ2) is 17.2. The minimum Gasteiger partial charge on any atom is -0.189 e. The van der Waals surface area contributed by atoms with Crippen molar-refractivity contribution in [1.29, 1.82) is 0 Å². The van der Waals surface area contributed by atoms with Crippen LogP contribution in [0.3, 0.4) is 0 Å². The predicted molar refractivity (Wildman–Crippen MR) is 221 cm³/mol. The van der Waals surface area contributed by atoms with E-state index in [0.29, 0.717) is 0 Å². The van der Waals surface area contributed by atoms with Crippen LogP contribution in [0.4, 0.5) is 0 Å². The van der Waals surface area contributed by atoms with Crippen molar-refractivity contribution in [2.75, 3.05) is 0 Å². The van der Waals surface area contributed by atoms with E-state index in [-0.39, 0.29) is 61.8 Å². The van der Waals surface area contributed by atoms with E-state index in [2.05, 4.69) is 195 Å². The summed E-state index contributed by atoms with van der Waals surface area (Å²) in [6, 6.07) is 55.3. The van der Waals surface area contributed by atoms with Crippen molar-refractivity contribution in [3.8, 4) is 0 Å². The van der Waals surface area contributed by atoms with Gasteiger partial charge >= 0.3 is 26.2 Å². The first-order valence-corrected chi connectivity index (χ1v) is 17.0. The molecule has 4 heteroatoms. The van der Waals surface area contributed by atoms with Crippen molar-refractivity contribution < 1.29 is 26.2 Å². The minimum absolute atomic E-state index is 0. The molecule has 0 aromatic heterocycles. The summed E-state index contributed by atoms with van der Waals surface area (Å²) in [7, 11) is 3.44. The summed E-state index contributed by atoms with van der Waals surface area (Å²) < 4.78 is 0. The fraction of sp³-hybridized carbons (Fsp3) is 0.106. The van der Waals surface area contributed by atoms with Crippen LogP contribution in [0.25, 0.3) is 45.8 Å². The second-order valence-corrected chi connectivity index (χ2v) is 13.5. The van der Waals surface area contributed by atoms with E-state index in [9.17, 15) is 0 Å². The third-order valence-corrected chi connectivity index (χ3v) is 10.0. The van der Waals surface area contributed by atoms with E-state index in [4.69, 9.17) is 0 Å². The Kier molecular flexibility index (Phi) is 13.5. The maximum absolute atomic E-state index is 3.66. The Bertz CT molecular complexity index is 2280. The van der Waals surface area contributed by atoms with E-state index in [1.165, 1.54) is 64.3 Å². The largest absolute Gasteiger partial charge is 2.00 e. The molecular weight excluding hydrogens is 755 g/mol. The van der Waals surface area contributed by atoms with E-state index in [1.807, 2.05) is 18.2 Å². The molecule has 7 aromatic carbocycles. The SMILES string of the molecule is CC1(c2cccc3ccccc23)[C-]=c2ccccc2=C1.CC1(c2cccc3ccccc23)[C-]=c2ccccc2=C1.Cc1ccccc1[Si].Cl.Cl.[Zr+2]. The van der Waals surface area contributed by atoms with Crippen LogP contribution in [0.1, 0.15) is 30.5 Å². The summed E-state index contributed by atoms with van der Waals surface area (Å²) in [5, 5.41) is 11.4. The van der Waals surface area contributed by atoms with Crippen LogP contribution < -0.4 is 26.1 Å². The molecule has 2 atom stereocenters. The topological polar surface area (TPSA) is 0 Å². The summed E-state index contributed by atoms with van der Waals surface area (Å²) in [4.78, 5) is 0. The first-order chi connectivity index (χ1) is 23.3. The first kappa shape index (κ1) is 40.0. The van der Waals surface area contributed by atoms with Gasteiger partial charge in [-0.1, -0.05) is 146 Å². The molecule has 0 N–H and O–H groups in total. The van der Waals surface area contributed by atoms with Gasteiger partial charge in [-0.05, 0) is 50.4 Å². The zero-order valence-corrected chi connectivity index (χ0v) is 34.1. The molecule has 0 spiro atoms. The molecule has 7 aromatic rings. The molecule has 0 fully saturated rings. The quantitative estimate of drug-likeness (QED) is 0.123. The predicted octanol–water partition coefficient (Wildman–Crippen LogP) is 8.13. The molecule has 9 rings (SSSR count). The number of hydrogen-bond acceptors (Lipinski definition) is 0. The van der Waals surface area contributed by atoms with Gasteiger partial charge in [0.05, 0.1) is 10.2 Å². The maximum atomic E-state index is 3.66. The molecule has 0 aliphatic heterocycles. The number of fused-ring (bicyclic) bond motifs is 4. The van der Waals surface area contributed by atoms with Gasteiger partial charge in [-0.25, -0.2) is 0 Å². The van der Waals surface area contributed by atoms with Crippen LogP contribution in [0.15, 0.2) is 158 Å². The second-order valence-electron chi connectivity index (χ2n) is 13.0. The van der Waals surface area contributed by atoms with Crippen LogP contribution in [-0.4, -0.2) is 10.2 Å². The fourth-order valence-corrected chi connectivity index (χ4v) is 7.13. The van der Waals surface area contributed by atoms with Gasteiger partial charge in [0.1, 0.15) is 0 Å². The molecule has 2 aliphatic carbocycles. The van der Waals surface area contributed by atoms with Gasteiger partial charge in [0.2, 0.25) is 0 Å². The molecule has 0 amide bonds. The van der Waals surface area contributed by atoms with Crippen molar-refractivity contribution in [1.82, 2.24) is 0 Å². The van der Waals surface area contributed by atoms with Crippen molar-refractivity contribution in [3.05, 3.63) is 195 Å². The molecule has 0 nitrogen and oxygen atoms in total. The molecule has 0 heterocycles. The van der Waals surface area contributed by atoms with Crippen LogP contribution in [0.5, 0.6) is 0 Å². The normalized spacial score (nSPS) is 17.3. The Hall–Kier alpha value is -3.78. The molecule has 51 heavy (non-hydrogen) atoms. The van der Waals surface area contributed by atoms with Gasteiger partial charge in [0.15, 0.2) is 0 Å². The Morgan fingerprint density at radius 2 is 0.824 bits per heavy atom. The number of rotatable bonds is 2. The zero-order chi connectivity index (χ0) is 33.1. The van der Waals surface area contributed by atoms with Crippen molar-refractivity contribution in [2.24, 2.45) is 0 Å². The van der Waals surface area contributed by atoms with Gasteiger partial charge in [-0.3, -0.25) is 0 Å². The molecule has 2 unspecified atom stereocenters. The fourth-order valence-electron chi connectivity index (χ4n) is 6.95. The monoisotopic (exact) mass is 791 g/mol. The van der Waals surface area contributed by atoms with Crippen LogP contribution >= 0.6 is 24.8 Å². The number of hydrogen-bond donors (Lipinski definition) is 0. The van der Waals surface area contributed by atoms with Crippen LogP contribution in [-0.2, 0) is 37.0 Å². The summed E-state index contributed by atoms with van der Waals surface area (Å²) in [6.45, 7) is 6.56. The average molecular weight is 794 g/mol. The minimum atomic E-state index is -0.148. The molecule has 3 radical (unpaired) electrons. The van der Waals surface area contributed by atoms with Gasteiger partial charge in [0, 0.05) is 0 Å². The molecule has 0 saturated carbocycles. The van der Waals surface area contributed by atoms with Crippen molar-refractivity contribution in [2.45, 2.75) is 31.6 Å². The number of halogens is 2. The van der Waals surface area contributed by atoms with E-state index in [0.717, 1.165) is 0 Å². The van der Waals surface area contributed by atoms with Crippen molar-refractivity contribution >= 4 is 86.1 Å². The Morgan fingerprint density at radius 3 is 1.24 bits per heavy atom. The molecular formula is C47H39Cl2SiZr. The Balaban J connectivity index is 0.000000180. The van der Waals surface area contributed by atoms with Crippen LogP contribution in [0, 0.1) is 6.92 Å². The summed E-state index contributed by atoms with van der Waals surface area (Å²) in [6.07, 6.45) is 12.0. The van der Waals surface area contributed by atoms with E-state index >= 15 is 0 Å². The maximum Gasteiger partial charge on any atom is 2.00 e. The third kappa shape index (κ3) is 8.48. The third-order valence-electron chi connectivity index (χ3n) is 9.44. The first-order valence-electron chi connectivity index (χ1n) is 16.5. The average Bonchev–Trinajstić information content (AvgIpc) is 3.66. The molecule has 2 aliphatic rings. The summed E-state index contributed by atoms with van der Waals surface area (Å²) >= 11 is 0. The smallest absolute Gasteiger partial charge is 0.189 e. The van der Waals surface area contributed by atoms with E-state index in [1.54, 1.807) is 0 Å². The molecule has 0 saturated heterocycles. The Morgan fingerprint density at radius 1 is 0.451 bits per heavy atom. The number of benzene rings is 7. The Labute approximate surface area is 336 Å². The summed E-state index contributed by atoms with van der Waals surface area (Å²) in [5.41, 5.74) is 3.64. The summed E-state index contributed by atoms with van der Waals surface area (Å²) in [5.74, 6) is 0. The standard InChI is InChI=1S/2C20H15.C7H7Si.2ClH.Zr/c2*1-20(13-16-8-2-3-9-17(16)14-20)19-12-6-10-15-7-4-5-11-18(15)19;1-6-4-2-3-5-7(6)8;;;/h2*2-13H,1H3;2-5H,1H3;2*1H;/q2*-1;;;;+2. The van der Waals surface area contributed by atoms with E-state index < -0.39 is 0 Å². The van der Waals surface area contributed by atoms with Gasteiger partial charge in [0.25, 0.3) is 0 Å². The number of aryl methyl sites for hydroxylation is 1. The zero-order valence-electron chi connectivity index (χ0n) is 29.0. The van der Waals surface area contributed by atoms with Gasteiger partial charge in [-0.2, -0.15) is 34.7 Å². The molecule has 249 valence electrons.